The maximum Gasteiger partial charge on any atom is 0.414 e. The normalized spacial score (nSPS) is 12.9. The fourth-order valence-electron chi connectivity index (χ4n) is 3.84. The van der Waals surface area contributed by atoms with Gasteiger partial charge in [0.2, 0.25) is 0 Å². The quantitative estimate of drug-likeness (QED) is 0.240. The minimum absolute atomic E-state index is 0.857. The lowest BCUT2D eigenvalue weighted by Crippen LogP contribution is -2.35. The lowest BCUT2D eigenvalue weighted by molar-refractivity contribution is -0.159. The predicted octanol–water partition coefficient (Wildman–Crippen LogP) is 2.16. The van der Waals surface area contributed by atoms with Crippen LogP contribution in [-0.2, 0) is 50.0 Å². The SMILES string of the molecule is CCc1cccc2c(CNCc3ccc(CN4CCOCC4)cc3)c[nH]c12.O=C(O)C(=O)O.O=C(O)C(=O)O. The number of hydrogen-bond acceptors (Lipinski definition) is 7. The van der Waals surface area contributed by atoms with Crippen molar-refractivity contribution >= 4 is 34.8 Å². The van der Waals surface area contributed by atoms with E-state index in [1.54, 1.807) is 0 Å². The van der Waals surface area contributed by atoms with Crippen LogP contribution in [0.3, 0.4) is 0 Å². The van der Waals surface area contributed by atoms with Crippen LogP contribution < -0.4 is 5.32 Å². The Hall–Kier alpha value is -4.26. The van der Waals surface area contributed by atoms with Gasteiger partial charge in [0.15, 0.2) is 0 Å². The molecule has 1 aliphatic heterocycles. The maximum atomic E-state index is 9.10. The molecule has 12 nitrogen and oxygen atoms in total. The molecule has 2 heterocycles. The lowest BCUT2D eigenvalue weighted by atomic mass is 10.1. The van der Waals surface area contributed by atoms with Crippen LogP contribution in [0.2, 0.25) is 0 Å². The number of hydrogen-bond donors (Lipinski definition) is 6. The van der Waals surface area contributed by atoms with E-state index < -0.39 is 23.9 Å². The standard InChI is InChI=1S/C23H29N3O.2C2H2O4/c1-2-20-4-3-5-22-21(16-25-23(20)22)15-24-14-18-6-8-19(9-7-18)17-26-10-12-27-13-11-26;2*3-1(4)2(5)6/h3-9,16,24-25H,2,10-15,17H2,1H3;2*(H,3,4)(H,5,6). The van der Waals surface area contributed by atoms with E-state index in [9.17, 15) is 0 Å². The number of aliphatic carboxylic acids is 4. The number of aromatic amines is 1. The molecule has 1 saturated heterocycles. The van der Waals surface area contributed by atoms with E-state index in [2.05, 4.69) is 70.8 Å². The van der Waals surface area contributed by atoms with E-state index >= 15 is 0 Å². The summed E-state index contributed by atoms with van der Waals surface area (Å²) in [5.74, 6) is -7.30. The monoisotopic (exact) mass is 543 g/mol. The molecule has 2 aromatic carbocycles. The summed E-state index contributed by atoms with van der Waals surface area (Å²) in [6.45, 7) is 8.77. The predicted molar refractivity (Wildman–Crippen MR) is 141 cm³/mol. The fraction of sp³-hybridized carbons (Fsp3) is 0.333. The number of carbonyl (C=O) groups is 4. The molecule has 4 rings (SSSR count). The van der Waals surface area contributed by atoms with Gasteiger partial charge in [-0.2, -0.15) is 0 Å². The van der Waals surface area contributed by atoms with Crippen molar-refractivity contribution in [1.29, 1.82) is 0 Å². The van der Waals surface area contributed by atoms with Crippen LogP contribution in [0, 0.1) is 0 Å². The molecule has 210 valence electrons. The summed E-state index contributed by atoms with van der Waals surface area (Å²) in [5.41, 5.74) is 6.71. The number of aryl methyl sites for hydroxylation is 1. The Labute approximate surface area is 224 Å². The van der Waals surface area contributed by atoms with Crippen LogP contribution in [0.25, 0.3) is 10.9 Å². The summed E-state index contributed by atoms with van der Waals surface area (Å²) >= 11 is 0. The number of fused-ring (bicyclic) bond motifs is 1. The van der Waals surface area contributed by atoms with Gasteiger partial charge < -0.3 is 35.5 Å². The number of nitrogens with zero attached hydrogens (tertiary/aromatic N) is 1. The third kappa shape index (κ3) is 10.6. The average molecular weight is 544 g/mol. The highest BCUT2D eigenvalue weighted by molar-refractivity contribution is 6.27. The van der Waals surface area contributed by atoms with Crippen LogP contribution in [-0.4, -0.2) is 80.5 Å². The van der Waals surface area contributed by atoms with Crippen molar-refractivity contribution < 1.29 is 44.3 Å². The Bertz CT molecular complexity index is 1200. The van der Waals surface area contributed by atoms with E-state index in [1.807, 2.05) is 0 Å². The summed E-state index contributed by atoms with van der Waals surface area (Å²) < 4.78 is 5.42. The first kappa shape index (κ1) is 31.0. The van der Waals surface area contributed by atoms with Gasteiger partial charge >= 0.3 is 23.9 Å². The fourth-order valence-corrected chi connectivity index (χ4v) is 3.84. The summed E-state index contributed by atoms with van der Waals surface area (Å²) in [5, 5.41) is 34.5. The number of nitrogens with one attached hydrogen (secondary N) is 2. The molecule has 1 aromatic heterocycles. The van der Waals surface area contributed by atoms with E-state index in [0.717, 1.165) is 52.4 Å². The molecule has 0 saturated carbocycles. The molecule has 1 fully saturated rings. The van der Waals surface area contributed by atoms with E-state index in [1.165, 1.54) is 33.2 Å². The van der Waals surface area contributed by atoms with Crippen LogP contribution in [0.4, 0.5) is 0 Å². The summed E-state index contributed by atoms with van der Waals surface area (Å²) in [7, 11) is 0. The molecular formula is C27H33N3O9. The largest absolute Gasteiger partial charge is 0.473 e. The molecule has 0 radical (unpaired) electrons. The van der Waals surface area contributed by atoms with Gasteiger partial charge in [-0.1, -0.05) is 49.4 Å². The first-order valence-electron chi connectivity index (χ1n) is 12.2. The zero-order valence-corrected chi connectivity index (χ0v) is 21.6. The van der Waals surface area contributed by atoms with Gasteiger partial charge in [0.25, 0.3) is 0 Å². The number of benzene rings is 2. The number of para-hydroxylation sites is 1. The van der Waals surface area contributed by atoms with Crippen LogP contribution in [0.1, 0.15) is 29.2 Å². The van der Waals surface area contributed by atoms with E-state index in [0.29, 0.717) is 0 Å². The number of ether oxygens (including phenoxy) is 1. The zero-order chi connectivity index (χ0) is 28.8. The molecule has 1 aliphatic rings. The van der Waals surface area contributed by atoms with E-state index in [-0.39, 0.29) is 0 Å². The van der Waals surface area contributed by atoms with Gasteiger partial charge in [-0.05, 0) is 28.7 Å². The Morgan fingerprint density at radius 1 is 0.821 bits per heavy atom. The van der Waals surface area contributed by atoms with Gasteiger partial charge in [-0.25, -0.2) is 19.2 Å². The van der Waals surface area contributed by atoms with Gasteiger partial charge in [-0.3, -0.25) is 4.90 Å². The third-order valence-corrected chi connectivity index (χ3v) is 5.81. The molecule has 39 heavy (non-hydrogen) atoms. The van der Waals surface area contributed by atoms with Gasteiger partial charge in [0.1, 0.15) is 0 Å². The lowest BCUT2D eigenvalue weighted by Gasteiger charge is -2.26. The van der Waals surface area contributed by atoms with Gasteiger partial charge in [0.05, 0.1) is 13.2 Å². The summed E-state index contributed by atoms with van der Waals surface area (Å²) in [4.78, 5) is 42.3. The van der Waals surface area contributed by atoms with Gasteiger partial charge in [-0.15, -0.1) is 0 Å². The number of aromatic nitrogens is 1. The Balaban J connectivity index is 0.000000374. The zero-order valence-electron chi connectivity index (χ0n) is 21.6. The number of rotatable bonds is 7. The molecule has 3 aromatic rings. The number of H-pyrrole nitrogens is 1. The second-order valence-corrected chi connectivity index (χ2v) is 8.54. The number of morpholine rings is 1. The summed E-state index contributed by atoms with van der Waals surface area (Å²) in [6, 6.07) is 15.6. The Morgan fingerprint density at radius 3 is 1.92 bits per heavy atom. The average Bonchev–Trinajstić information content (AvgIpc) is 3.34. The van der Waals surface area contributed by atoms with Gasteiger partial charge in [0, 0.05) is 49.8 Å². The van der Waals surface area contributed by atoms with Crippen molar-refractivity contribution in [3.8, 4) is 0 Å². The topological polar surface area (TPSA) is 189 Å². The molecule has 6 N–H and O–H groups in total. The van der Waals surface area contributed by atoms with Crippen molar-refractivity contribution in [2.24, 2.45) is 0 Å². The molecule has 0 spiro atoms. The molecule has 0 amide bonds. The molecule has 0 aliphatic carbocycles. The Kier molecular flexibility index (Phi) is 12.6. The van der Waals surface area contributed by atoms with Crippen molar-refractivity contribution in [3.63, 3.8) is 0 Å². The van der Waals surface area contributed by atoms with E-state index in [4.69, 9.17) is 44.3 Å². The van der Waals surface area contributed by atoms with Crippen LogP contribution in [0.15, 0.2) is 48.7 Å². The first-order chi connectivity index (χ1) is 18.6. The number of carboxylic acids is 4. The Morgan fingerprint density at radius 2 is 1.38 bits per heavy atom. The smallest absolute Gasteiger partial charge is 0.414 e. The molecule has 12 heteroatoms. The molecule has 0 atom stereocenters. The maximum absolute atomic E-state index is 9.10. The highest BCUT2D eigenvalue weighted by Crippen LogP contribution is 2.22. The van der Waals surface area contributed by atoms with Crippen molar-refractivity contribution in [2.45, 2.75) is 33.0 Å². The second kappa shape index (κ2) is 15.9. The third-order valence-electron chi connectivity index (χ3n) is 5.81. The molecule has 0 unspecified atom stereocenters. The molecular weight excluding hydrogens is 510 g/mol. The van der Waals surface area contributed by atoms with Crippen molar-refractivity contribution in [1.82, 2.24) is 15.2 Å². The highest BCUT2D eigenvalue weighted by Gasteiger charge is 2.11. The summed E-state index contributed by atoms with van der Waals surface area (Å²) in [6.07, 6.45) is 3.20. The second-order valence-electron chi connectivity index (χ2n) is 8.54. The van der Waals surface area contributed by atoms with Crippen molar-refractivity contribution in [2.75, 3.05) is 26.3 Å². The highest BCUT2D eigenvalue weighted by atomic mass is 16.5. The minimum Gasteiger partial charge on any atom is -0.473 e. The van der Waals surface area contributed by atoms with Crippen LogP contribution in [0.5, 0.6) is 0 Å². The number of carboxylic acid groups (broad SMARTS) is 4. The van der Waals surface area contributed by atoms with Crippen molar-refractivity contribution in [3.05, 3.63) is 70.9 Å². The molecule has 0 bridgehead atoms. The van der Waals surface area contributed by atoms with Crippen LogP contribution >= 0.6 is 0 Å². The minimum atomic E-state index is -1.82. The first-order valence-corrected chi connectivity index (χ1v) is 12.2.